The van der Waals surface area contributed by atoms with E-state index in [1.165, 1.54) is 0 Å². The Kier molecular flexibility index (Phi) is 15.4. The largest absolute Gasteiger partial charge is 0.491 e. The highest BCUT2D eigenvalue weighted by Gasteiger charge is 2.08. The summed E-state index contributed by atoms with van der Waals surface area (Å²) in [6.07, 6.45) is 1.33. The SMILES string of the molecule is CCOCCOc1cc(C)ccc1CNC(=NC)NCCC(=O)NC(C)CC.I. The van der Waals surface area contributed by atoms with Crippen LogP contribution in [-0.2, 0) is 16.1 Å². The van der Waals surface area contributed by atoms with Gasteiger partial charge in [-0.3, -0.25) is 9.79 Å². The number of hydrogen-bond acceptors (Lipinski definition) is 4. The van der Waals surface area contributed by atoms with Crippen LogP contribution in [-0.4, -0.2) is 51.3 Å². The van der Waals surface area contributed by atoms with Crippen molar-refractivity contribution in [3.8, 4) is 5.75 Å². The lowest BCUT2D eigenvalue weighted by molar-refractivity contribution is -0.121. The van der Waals surface area contributed by atoms with Crippen molar-refractivity contribution in [1.82, 2.24) is 16.0 Å². The molecule has 1 rings (SSSR count). The quantitative estimate of drug-likeness (QED) is 0.171. The molecule has 0 bridgehead atoms. The van der Waals surface area contributed by atoms with Crippen molar-refractivity contribution in [2.75, 3.05) is 33.4 Å². The summed E-state index contributed by atoms with van der Waals surface area (Å²) in [6, 6.07) is 6.33. The second kappa shape index (κ2) is 16.3. The molecule has 0 aromatic heterocycles. The second-order valence-corrected chi connectivity index (χ2v) is 6.64. The zero-order valence-corrected chi connectivity index (χ0v) is 20.7. The molecule has 1 unspecified atom stereocenters. The molecule has 166 valence electrons. The zero-order chi connectivity index (χ0) is 20.8. The lowest BCUT2D eigenvalue weighted by Gasteiger charge is -2.16. The number of carbonyl (C=O) groups excluding carboxylic acids is 1. The molecule has 0 aliphatic rings. The van der Waals surface area contributed by atoms with Gasteiger partial charge in [0.2, 0.25) is 5.91 Å². The fraction of sp³-hybridized carbons (Fsp3) is 0.619. The zero-order valence-electron chi connectivity index (χ0n) is 18.3. The Hall–Kier alpha value is -1.55. The first-order valence-electron chi connectivity index (χ1n) is 10.0. The molecule has 0 spiro atoms. The summed E-state index contributed by atoms with van der Waals surface area (Å²) in [5, 5.41) is 9.39. The van der Waals surface area contributed by atoms with Crippen molar-refractivity contribution < 1.29 is 14.3 Å². The van der Waals surface area contributed by atoms with E-state index in [2.05, 4.69) is 33.9 Å². The maximum atomic E-state index is 11.8. The van der Waals surface area contributed by atoms with Crippen LogP contribution in [0.2, 0.25) is 0 Å². The second-order valence-electron chi connectivity index (χ2n) is 6.64. The first kappa shape index (κ1) is 27.5. The van der Waals surface area contributed by atoms with E-state index in [1.54, 1.807) is 7.05 Å². The highest BCUT2D eigenvalue weighted by Crippen LogP contribution is 2.20. The van der Waals surface area contributed by atoms with Crippen LogP contribution < -0.4 is 20.7 Å². The first-order valence-corrected chi connectivity index (χ1v) is 10.0. The van der Waals surface area contributed by atoms with Crippen LogP contribution in [0.25, 0.3) is 0 Å². The predicted octanol–water partition coefficient (Wildman–Crippen LogP) is 3.00. The van der Waals surface area contributed by atoms with Gasteiger partial charge in [-0.15, -0.1) is 24.0 Å². The summed E-state index contributed by atoms with van der Waals surface area (Å²) < 4.78 is 11.2. The number of aryl methyl sites for hydroxylation is 1. The third kappa shape index (κ3) is 11.9. The summed E-state index contributed by atoms with van der Waals surface area (Å²) in [5.74, 6) is 1.54. The number of ether oxygens (including phenoxy) is 2. The van der Waals surface area contributed by atoms with E-state index >= 15 is 0 Å². The Labute approximate surface area is 192 Å². The Morgan fingerprint density at radius 2 is 1.97 bits per heavy atom. The lowest BCUT2D eigenvalue weighted by atomic mass is 10.1. The van der Waals surface area contributed by atoms with Gasteiger partial charge in [-0.1, -0.05) is 19.1 Å². The van der Waals surface area contributed by atoms with Crippen LogP contribution >= 0.6 is 24.0 Å². The molecule has 1 amide bonds. The van der Waals surface area contributed by atoms with Crippen LogP contribution in [0.15, 0.2) is 23.2 Å². The number of halogens is 1. The third-order valence-corrected chi connectivity index (χ3v) is 4.25. The van der Waals surface area contributed by atoms with E-state index in [-0.39, 0.29) is 35.9 Å². The number of nitrogens with zero attached hydrogens (tertiary/aromatic N) is 1. The molecule has 7 nitrogen and oxygen atoms in total. The van der Waals surface area contributed by atoms with Gasteiger partial charge in [0.1, 0.15) is 12.4 Å². The van der Waals surface area contributed by atoms with E-state index in [0.29, 0.717) is 45.3 Å². The Balaban J connectivity index is 0.00000784. The van der Waals surface area contributed by atoms with Gasteiger partial charge in [0.25, 0.3) is 0 Å². The van der Waals surface area contributed by atoms with Crippen molar-refractivity contribution in [2.45, 2.75) is 53.1 Å². The van der Waals surface area contributed by atoms with Crippen LogP contribution in [0.3, 0.4) is 0 Å². The van der Waals surface area contributed by atoms with Gasteiger partial charge in [0, 0.05) is 44.8 Å². The van der Waals surface area contributed by atoms with E-state index in [1.807, 2.05) is 32.9 Å². The molecule has 8 heteroatoms. The van der Waals surface area contributed by atoms with Crippen molar-refractivity contribution in [3.63, 3.8) is 0 Å². The maximum Gasteiger partial charge on any atom is 0.221 e. The molecule has 0 aliphatic heterocycles. The van der Waals surface area contributed by atoms with Crippen LogP contribution in [0.4, 0.5) is 0 Å². The summed E-state index contributed by atoms with van der Waals surface area (Å²) in [6.45, 7) is 10.9. The highest BCUT2D eigenvalue weighted by atomic mass is 127. The fourth-order valence-electron chi connectivity index (χ4n) is 2.44. The summed E-state index contributed by atoms with van der Waals surface area (Å²) in [5.41, 5.74) is 2.18. The number of amides is 1. The van der Waals surface area contributed by atoms with Gasteiger partial charge >= 0.3 is 0 Å². The molecule has 0 fully saturated rings. The molecule has 1 atom stereocenters. The van der Waals surface area contributed by atoms with E-state index in [0.717, 1.165) is 23.3 Å². The van der Waals surface area contributed by atoms with Crippen LogP contribution in [0.1, 0.15) is 44.7 Å². The number of hydrogen-bond donors (Lipinski definition) is 3. The summed E-state index contributed by atoms with van der Waals surface area (Å²) in [4.78, 5) is 16.1. The minimum atomic E-state index is 0. The molecule has 1 aromatic carbocycles. The maximum absolute atomic E-state index is 11.8. The smallest absolute Gasteiger partial charge is 0.221 e. The van der Waals surface area contributed by atoms with Crippen LogP contribution in [0, 0.1) is 6.92 Å². The standard InChI is InChI=1S/C21H36N4O3.HI/c1-6-17(4)25-20(26)10-11-23-21(22-5)24-15-18-9-8-16(3)14-19(18)28-13-12-27-7-2;/h8-9,14,17H,6-7,10-13,15H2,1-5H3,(H,25,26)(H2,22,23,24);1H. The van der Waals surface area contributed by atoms with Gasteiger partial charge < -0.3 is 25.4 Å². The lowest BCUT2D eigenvalue weighted by Crippen LogP contribution is -2.40. The molecule has 0 saturated heterocycles. The average molecular weight is 520 g/mol. The summed E-state index contributed by atoms with van der Waals surface area (Å²) >= 11 is 0. The Morgan fingerprint density at radius 1 is 1.21 bits per heavy atom. The molecule has 3 N–H and O–H groups in total. The predicted molar refractivity (Wildman–Crippen MR) is 129 cm³/mol. The number of nitrogens with one attached hydrogen (secondary N) is 3. The Morgan fingerprint density at radius 3 is 2.62 bits per heavy atom. The average Bonchev–Trinajstić information content (AvgIpc) is 2.68. The molecule has 1 aromatic rings. The molecular weight excluding hydrogens is 483 g/mol. The molecule has 0 radical (unpaired) electrons. The number of aliphatic imine (C=N–C) groups is 1. The molecule has 29 heavy (non-hydrogen) atoms. The third-order valence-electron chi connectivity index (χ3n) is 4.25. The van der Waals surface area contributed by atoms with E-state index in [4.69, 9.17) is 9.47 Å². The number of guanidine groups is 1. The normalized spacial score (nSPS) is 12.0. The molecule has 0 saturated carbocycles. The van der Waals surface area contributed by atoms with Crippen molar-refractivity contribution in [3.05, 3.63) is 29.3 Å². The molecular formula is C21H37IN4O3. The van der Waals surface area contributed by atoms with Crippen molar-refractivity contribution in [2.24, 2.45) is 4.99 Å². The fourth-order valence-corrected chi connectivity index (χ4v) is 2.44. The van der Waals surface area contributed by atoms with E-state index in [9.17, 15) is 4.79 Å². The summed E-state index contributed by atoms with van der Waals surface area (Å²) in [7, 11) is 1.71. The van der Waals surface area contributed by atoms with Gasteiger partial charge in [0.05, 0.1) is 6.61 Å². The molecule has 0 heterocycles. The monoisotopic (exact) mass is 520 g/mol. The number of benzene rings is 1. The Bertz CT molecular complexity index is 626. The minimum Gasteiger partial charge on any atom is -0.491 e. The molecule has 0 aliphatic carbocycles. The van der Waals surface area contributed by atoms with Gasteiger partial charge in [0.15, 0.2) is 5.96 Å². The van der Waals surface area contributed by atoms with Crippen LogP contribution in [0.5, 0.6) is 5.75 Å². The number of rotatable bonds is 12. The first-order chi connectivity index (χ1) is 13.5. The van der Waals surface area contributed by atoms with Gasteiger partial charge in [-0.2, -0.15) is 0 Å². The number of carbonyl (C=O) groups is 1. The van der Waals surface area contributed by atoms with Crippen molar-refractivity contribution in [1.29, 1.82) is 0 Å². The van der Waals surface area contributed by atoms with Gasteiger partial charge in [-0.05, 0) is 38.8 Å². The highest BCUT2D eigenvalue weighted by molar-refractivity contribution is 14.0. The van der Waals surface area contributed by atoms with E-state index < -0.39 is 0 Å². The van der Waals surface area contributed by atoms with Gasteiger partial charge in [-0.25, -0.2) is 0 Å². The topological polar surface area (TPSA) is 84.0 Å². The van der Waals surface area contributed by atoms with Crippen molar-refractivity contribution >= 4 is 35.8 Å². The minimum absolute atomic E-state index is 0.